The van der Waals surface area contributed by atoms with Crippen LogP contribution in [0, 0.1) is 11.3 Å². The molecule has 1 unspecified atom stereocenters. The molecule has 30 heavy (non-hydrogen) atoms. The third kappa shape index (κ3) is 3.15. The fourth-order valence-electron chi connectivity index (χ4n) is 4.81. The van der Waals surface area contributed by atoms with Crippen molar-refractivity contribution in [1.82, 2.24) is 9.88 Å². The van der Waals surface area contributed by atoms with Crippen molar-refractivity contribution in [2.45, 2.75) is 19.3 Å². The van der Waals surface area contributed by atoms with E-state index in [-0.39, 0.29) is 23.2 Å². The molecular weight excluding hydrogens is 376 g/mol. The van der Waals surface area contributed by atoms with Crippen LogP contribution >= 0.6 is 0 Å². The number of ether oxygens (including phenoxy) is 1. The summed E-state index contributed by atoms with van der Waals surface area (Å²) in [6.07, 6.45) is 2.60. The van der Waals surface area contributed by atoms with Crippen molar-refractivity contribution < 1.29 is 14.3 Å². The lowest BCUT2D eigenvalue weighted by molar-refractivity contribution is -0.143. The minimum Gasteiger partial charge on any atom is -0.469 e. The number of benzene rings is 2. The first-order valence-electron chi connectivity index (χ1n) is 10.4. The molecule has 0 bridgehead atoms. The highest BCUT2D eigenvalue weighted by Crippen LogP contribution is 2.59. The molecule has 5 nitrogen and oxygen atoms in total. The molecule has 2 aliphatic rings. The van der Waals surface area contributed by atoms with E-state index in [0.29, 0.717) is 18.7 Å². The number of para-hydroxylation sites is 1. The Hall–Kier alpha value is -3.21. The Morgan fingerprint density at radius 2 is 1.73 bits per heavy atom. The lowest BCUT2D eigenvalue weighted by Crippen LogP contribution is -2.40. The van der Waals surface area contributed by atoms with Crippen LogP contribution in [0.15, 0.2) is 60.7 Å². The lowest BCUT2D eigenvalue weighted by Gasteiger charge is -2.33. The van der Waals surface area contributed by atoms with Gasteiger partial charge in [0.15, 0.2) is 0 Å². The summed E-state index contributed by atoms with van der Waals surface area (Å²) in [4.78, 5) is 32.1. The number of hydrogen-bond acceptors (Lipinski definition) is 4. The third-order valence-corrected chi connectivity index (χ3v) is 6.74. The second-order valence-corrected chi connectivity index (χ2v) is 8.37. The molecule has 2 fully saturated rings. The van der Waals surface area contributed by atoms with E-state index in [1.807, 2.05) is 65.6 Å². The largest absolute Gasteiger partial charge is 0.469 e. The van der Waals surface area contributed by atoms with Crippen molar-refractivity contribution in [3.63, 3.8) is 0 Å². The second kappa shape index (κ2) is 7.24. The third-order valence-electron chi connectivity index (χ3n) is 6.74. The summed E-state index contributed by atoms with van der Waals surface area (Å²) in [6.45, 7) is 1.34. The molecule has 0 N–H and O–H groups in total. The van der Waals surface area contributed by atoms with Gasteiger partial charge >= 0.3 is 5.97 Å². The van der Waals surface area contributed by atoms with Gasteiger partial charge in [0.1, 0.15) is 0 Å². The number of nitrogens with zero attached hydrogens (tertiary/aromatic N) is 2. The summed E-state index contributed by atoms with van der Waals surface area (Å²) in [6, 6.07) is 19.7. The van der Waals surface area contributed by atoms with Gasteiger partial charge in [-0.3, -0.25) is 9.59 Å². The highest BCUT2D eigenvalue weighted by Gasteiger charge is 2.59. The van der Waals surface area contributed by atoms with Gasteiger partial charge in [0.05, 0.1) is 29.8 Å². The molecule has 1 spiro atoms. The van der Waals surface area contributed by atoms with E-state index in [1.165, 1.54) is 7.11 Å². The van der Waals surface area contributed by atoms with Crippen molar-refractivity contribution in [3.8, 4) is 11.3 Å². The molecule has 1 saturated carbocycles. The molecule has 5 heteroatoms. The van der Waals surface area contributed by atoms with Crippen molar-refractivity contribution >= 4 is 22.8 Å². The highest BCUT2D eigenvalue weighted by atomic mass is 16.5. The quantitative estimate of drug-likeness (QED) is 0.615. The highest BCUT2D eigenvalue weighted by molar-refractivity contribution is 6.07. The Kier molecular flexibility index (Phi) is 4.54. The van der Waals surface area contributed by atoms with Gasteiger partial charge in [0.2, 0.25) is 0 Å². The first-order chi connectivity index (χ1) is 14.6. The molecule has 152 valence electrons. The van der Waals surface area contributed by atoms with E-state index in [1.54, 1.807) is 0 Å². The number of likely N-dealkylation sites (tertiary alicyclic amines) is 1. The van der Waals surface area contributed by atoms with Gasteiger partial charge in [-0.1, -0.05) is 48.5 Å². The molecule has 1 aliphatic carbocycles. The maximum atomic E-state index is 13.5. The van der Waals surface area contributed by atoms with Gasteiger partial charge in [-0.15, -0.1) is 0 Å². The van der Waals surface area contributed by atoms with Gasteiger partial charge in [-0.25, -0.2) is 4.98 Å². The van der Waals surface area contributed by atoms with Gasteiger partial charge < -0.3 is 9.64 Å². The van der Waals surface area contributed by atoms with Crippen LogP contribution < -0.4 is 0 Å². The molecule has 1 atom stereocenters. The Balaban J connectivity index is 1.43. The van der Waals surface area contributed by atoms with Crippen LogP contribution in [0.4, 0.5) is 0 Å². The average Bonchev–Trinajstić information content (AvgIpc) is 3.51. The molecular formula is C25H24N2O3. The van der Waals surface area contributed by atoms with Crippen LogP contribution in [0.25, 0.3) is 22.2 Å². The first kappa shape index (κ1) is 18.8. The van der Waals surface area contributed by atoms with Crippen LogP contribution in [0.5, 0.6) is 0 Å². The van der Waals surface area contributed by atoms with Crippen molar-refractivity contribution in [2.24, 2.45) is 11.3 Å². The number of rotatable bonds is 3. The number of methoxy groups -OCH3 is 1. The molecule has 1 aromatic heterocycles. The van der Waals surface area contributed by atoms with Crippen molar-refractivity contribution in [2.75, 3.05) is 20.2 Å². The second-order valence-electron chi connectivity index (χ2n) is 8.37. The monoisotopic (exact) mass is 400 g/mol. The topological polar surface area (TPSA) is 59.5 Å². The number of fused-ring (bicyclic) bond motifs is 1. The fourth-order valence-corrected chi connectivity index (χ4v) is 4.81. The SMILES string of the molecule is COC(=O)C1CC12CCN(C(=O)c1cc(-c3ccccc3)nc3ccccc13)CC2. The minimum absolute atomic E-state index is 0.00573. The Bertz CT molecular complexity index is 1120. The van der Waals surface area contributed by atoms with E-state index in [9.17, 15) is 9.59 Å². The number of hydrogen-bond donors (Lipinski definition) is 0. The number of aromatic nitrogens is 1. The van der Waals surface area contributed by atoms with Crippen LogP contribution in [-0.4, -0.2) is 42.0 Å². The number of carbonyl (C=O) groups is 2. The van der Waals surface area contributed by atoms with Gasteiger partial charge in [0, 0.05) is 24.0 Å². The van der Waals surface area contributed by atoms with E-state index in [4.69, 9.17) is 9.72 Å². The summed E-state index contributed by atoms with van der Waals surface area (Å²) in [5.74, 6) is -0.0653. The smallest absolute Gasteiger partial charge is 0.309 e. The molecule has 0 radical (unpaired) electrons. The zero-order valence-electron chi connectivity index (χ0n) is 17.0. The number of amides is 1. The van der Waals surface area contributed by atoms with Crippen LogP contribution in [-0.2, 0) is 9.53 Å². The first-order valence-corrected chi connectivity index (χ1v) is 10.4. The van der Waals surface area contributed by atoms with E-state index < -0.39 is 0 Å². The Morgan fingerprint density at radius 1 is 1.03 bits per heavy atom. The van der Waals surface area contributed by atoms with Crippen LogP contribution in [0.3, 0.4) is 0 Å². The molecule has 1 saturated heterocycles. The summed E-state index contributed by atoms with van der Waals surface area (Å²) in [7, 11) is 1.45. The molecule has 2 aromatic carbocycles. The van der Waals surface area contributed by atoms with Crippen molar-refractivity contribution in [1.29, 1.82) is 0 Å². The average molecular weight is 400 g/mol. The molecule has 1 aliphatic heterocycles. The summed E-state index contributed by atoms with van der Waals surface area (Å²) in [5, 5.41) is 0.876. The van der Waals surface area contributed by atoms with Gasteiger partial charge in [0.25, 0.3) is 5.91 Å². The molecule has 1 amide bonds. The maximum Gasteiger partial charge on any atom is 0.309 e. The van der Waals surface area contributed by atoms with Gasteiger partial charge in [-0.2, -0.15) is 0 Å². The predicted octanol–water partition coefficient (Wildman–Crippen LogP) is 4.32. The van der Waals surface area contributed by atoms with Crippen molar-refractivity contribution in [3.05, 3.63) is 66.2 Å². The minimum atomic E-state index is -0.109. The zero-order chi connectivity index (χ0) is 20.7. The van der Waals surface area contributed by atoms with E-state index in [2.05, 4.69) is 0 Å². The summed E-state index contributed by atoms with van der Waals surface area (Å²) >= 11 is 0. The number of pyridine rings is 1. The lowest BCUT2D eigenvalue weighted by atomic mass is 9.90. The summed E-state index contributed by atoms with van der Waals surface area (Å²) < 4.78 is 4.92. The molecule has 3 aromatic rings. The maximum absolute atomic E-state index is 13.5. The van der Waals surface area contributed by atoms with E-state index >= 15 is 0 Å². The van der Waals surface area contributed by atoms with Gasteiger partial charge in [-0.05, 0) is 36.8 Å². The standard InChI is InChI=1S/C25H24N2O3/c1-30-24(29)20-16-25(20)11-13-27(14-12-25)23(28)19-15-22(17-7-3-2-4-8-17)26-21-10-6-5-9-18(19)21/h2-10,15,20H,11-14,16H2,1H3. The van der Waals surface area contributed by atoms with E-state index in [0.717, 1.165) is 41.4 Å². The number of piperidine rings is 1. The number of carbonyl (C=O) groups excluding carboxylic acids is 2. The Labute approximate surface area is 175 Å². The molecule has 5 rings (SSSR count). The number of esters is 1. The van der Waals surface area contributed by atoms with Crippen LogP contribution in [0.1, 0.15) is 29.6 Å². The normalized spacial score (nSPS) is 19.6. The van der Waals surface area contributed by atoms with Crippen LogP contribution in [0.2, 0.25) is 0 Å². The Morgan fingerprint density at radius 3 is 2.47 bits per heavy atom. The zero-order valence-corrected chi connectivity index (χ0v) is 17.0. The molecule has 2 heterocycles. The predicted molar refractivity (Wildman–Crippen MR) is 115 cm³/mol. The fraction of sp³-hybridized carbons (Fsp3) is 0.320. The summed E-state index contributed by atoms with van der Waals surface area (Å²) in [5.41, 5.74) is 3.35.